The molecule has 4 heteroatoms. The van der Waals surface area contributed by atoms with Gasteiger partial charge in [-0.15, -0.1) is 0 Å². The lowest BCUT2D eigenvalue weighted by atomic mass is 9.82. The Morgan fingerprint density at radius 1 is 1.50 bits per heavy atom. The van der Waals surface area contributed by atoms with Crippen molar-refractivity contribution in [3.63, 3.8) is 0 Å². The van der Waals surface area contributed by atoms with Crippen LogP contribution >= 0.6 is 22.6 Å². The number of methoxy groups -OCH3 is 1. The number of rotatable bonds is 3. The first-order valence-electron chi connectivity index (χ1n) is 5.89. The number of hydrogen-bond donors (Lipinski definition) is 0. The summed E-state index contributed by atoms with van der Waals surface area (Å²) in [6, 6.07) is 0. The summed E-state index contributed by atoms with van der Waals surface area (Å²) in [6.07, 6.45) is 5.19. The standard InChI is InChI=1S/C13H21NO2.CH3I/c1-10-6-11(8-13(2,3)7-10)14(4)12(15)9-16-5;1-2/h6-7H,8-9H2,1-5H3;1H3. The third kappa shape index (κ3) is 5.52. The SMILES string of the molecule is CI.COCC(=O)N(C)C1=CC(C)=CC(C)(C)C1. The second kappa shape index (κ2) is 7.94. The third-order valence-electron chi connectivity index (χ3n) is 2.72. The van der Waals surface area contributed by atoms with E-state index < -0.39 is 0 Å². The molecule has 0 aromatic carbocycles. The van der Waals surface area contributed by atoms with Gasteiger partial charge >= 0.3 is 0 Å². The lowest BCUT2D eigenvalue weighted by molar-refractivity contribution is -0.132. The van der Waals surface area contributed by atoms with Crippen molar-refractivity contribution in [2.75, 3.05) is 25.7 Å². The first kappa shape index (κ1) is 17.6. The number of carbonyl (C=O) groups is 1. The summed E-state index contributed by atoms with van der Waals surface area (Å²) >= 11 is 2.15. The molecule has 0 atom stereocenters. The van der Waals surface area contributed by atoms with Gasteiger partial charge in [0.2, 0.25) is 0 Å². The van der Waals surface area contributed by atoms with Crippen molar-refractivity contribution < 1.29 is 9.53 Å². The van der Waals surface area contributed by atoms with Crippen molar-refractivity contribution in [2.24, 2.45) is 5.41 Å². The molecule has 0 fully saturated rings. The molecule has 0 saturated heterocycles. The van der Waals surface area contributed by atoms with Crippen LogP contribution in [0.1, 0.15) is 27.2 Å². The fraction of sp³-hybridized carbons (Fsp3) is 0.643. The van der Waals surface area contributed by atoms with E-state index in [1.54, 1.807) is 4.90 Å². The summed E-state index contributed by atoms with van der Waals surface area (Å²) in [5.74, 6) is -0.000694. The molecule has 0 radical (unpaired) electrons. The van der Waals surface area contributed by atoms with E-state index in [0.717, 1.165) is 12.1 Å². The summed E-state index contributed by atoms with van der Waals surface area (Å²) in [4.78, 5) is 15.4. The predicted molar refractivity (Wildman–Crippen MR) is 84.8 cm³/mol. The van der Waals surface area contributed by atoms with Crippen LogP contribution in [0.25, 0.3) is 0 Å². The maximum atomic E-state index is 11.7. The minimum Gasteiger partial charge on any atom is -0.375 e. The molecule has 0 aromatic rings. The molecule has 0 saturated carbocycles. The summed E-state index contributed by atoms with van der Waals surface area (Å²) in [5.41, 5.74) is 2.39. The first-order valence-corrected chi connectivity index (χ1v) is 8.05. The van der Waals surface area contributed by atoms with Crippen molar-refractivity contribution in [1.29, 1.82) is 0 Å². The van der Waals surface area contributed by atoms with E-state index in [2.05, 4.69) is 55.5 Å². The van der Waals surface area contributed by atoms with Crippen molar-refractivity contribution in [3.05, 3.63) is 23.4 Å². The number of hydrogen-bond acceptors (Lipinski definition) is 2. The molecule has 0 aliphatic heterocycles. The molecule has 0 unspecified atom stereocenters. The lowest BCUT2D eigenvalue weighted by Gasteiger charge is -2.31. The normalized spacial score (nSPS) is 17.1. The molecule has 0 aromatic heterocycles. The minimum absolute atomic E-state index is 0.000694. The Balaban J connectivity index is 0.00000137. The van der Waals surface area contributed by atoms with Crippen LogP contribution in [0.2, 0.25) is 0 Å². The minimum atomic E-state index is -0.000694. The van der Waals surface area contributed by atoms with Gasteiger partial charge in [0.15, 0.2) is 0 Å². The van der Waals surface area contributed by atoms with E-state index >= 15 is 0 Å². The van der Waals surface area contributed by atoms with Gasteiger partial charge < -0.3 is 9.64 Å². The Morgan fingerprint density at radius 2 is 2.06 bits per heavy atom. The summed E-state index contributed by atoms with van der Waals surface area (Å²) < 4.78 is 4.86. The van der Waals surface area contributed by atoms with Gasteiger partial charge in [-0.25, -0.2) is 0 Å². The van der Waals surface area contributed by atoms with Gasteiger partial charge in [-0.3, -0.25) is 4.79 Å². The van der Waals surface area contributed by atoms with Gasteiger partial charge in [0.05, 0.1) is 0 Å². The highest BCUT2D eigenvalue weighted by Gasteiger charge is 2.24. The summed E-state index contributed by atoms with van der Waals surface area (Å²) in [6.45, 7) is 6.56. The number of nitrogens with zero attached hydrogens (tertiary/aromatic N) is 1. The van der Waals surface area contributed by atoms with Gasteiger partial charge in [-0.05, 0) is 29.8 Å². The van der Waals surface area contributed by atoms with Crippen LogP contribution in [-0.4, -0.2) is 36.5 Å². The Morgan fingerprint density at radius 3 is 2.50 bits per heavy atom. The average Bonchev–Trinajstić information content (AvgIpc) is 2.28. The van der Waals surface area contributed by atoms with Crippen molar-refractivity contribution in [3.8, 4) is 0 Å². The van der Waals surface area contributed by atoms with E-state index in [4.69, 9.17) is 4.74 Å². The fourth-order valence-corrected chi connectivity index (χ4v) is 2.09. The van der Waals surface area contributed by atoms with E-state index in [0.29, 0.717) is 0 Å². The zero-order valence-corrected chi connectivity index (χ0v) is 14.4. The molecule has 18 heavy (non-hydrogen) atoms. The van der Waals surface area contributed by atoms with E-state index in [9.17, 15) is 4.79 Å². The molecule has 1 aliphatic carbocycles. The van der Waals surface area contributed by atoms with Gasteiger partial charge in [-0.1, -0.05) is 48.1 Å². The van der Waals surface area contributed by atoms with Crippen molar-refractivity contribution in [1.82, 2.24) is 4.90 Å². The van der Waals surface area contributed by atoms with Crippen LogP contribution in [0.15, 0.2) is 23.4 Å². The van der Waals surface area contributed by atoms with Crippen molar-refractivity contribution >= 4 is 28.5 Å². The van der Waals surface area contributed by atoms with Gasteiger partial charge in [-0.2, -0.15) is 0 Å². The van der Waals surface area contributed by atoms with Gasteiger partial charge in [0.1, 0.15) is 6.61 Å². The van der Waals surface area contributed by atoms with Crippen LogP contribution < -0.4 is 0 Å². The molecule has 0 heterocycles. The zero-order chi connectivity index (χ0) is 14.3. The summed E-state index contributed by atoms with van der Waals surface area (Å²) in [7, 11) is 3.35. The van der Waals surface area contributed by atoms with Crippen LogP contribution in [-0.2, 0) is 9.53 Å². The molecule has 0 spiro atoms. The number of carbonyl (C=O) groups excluding carboxylic acids is 1. The highest BCUT2D eigenvalue weighted by Crippen LogP contribution is 2.34. The lowest BCUT2D eigenvalue weighted by Crippen LogP contribution is -2.32. The predicted octanol–water partition coefficient (Wildman–Crippen LogP) is 3.40. The number of likely N-dealkylation sites (N-methyl/N-ethyl adjacent to an activating group) is 1. The third-order valence-corrected chi connectivity index (χ3v) is 2.72. The van der Waals surface area contributed by atoms with Gasteiger partial charge in [0.25, 0.3) is 5.91 Å². The number of allylic oxidation sites excluding steroid dienone is 4. The van der Waals surface area contributed by atoms with Crippen LogP contribution in [0.4, 0.5) is 0 Å². The van der Waals surface area contributed by atoms with Crippen LogP contribution in [0.3, 0.4) is 0 Å². The number of ether oxygens (including phenoxy) is 1. The molecule has 1 rings (SSSR count). The summed E-state index contributed by atoms with van der Waals surface area (Å²) in [5, 5.41) is 0. The Kier molecular flexibility index (Phi) is 7.78. The second-order valence-electron chi connectivity index (χ2n) is 5.08. The van der Waals surface area contributed by atoms with Crippen molar-refractivity contribution in [2.45, 2.75) is 27.2 Å². The Bertz CT molecular complexity index is 346. The Labute approximate surface area is 124 Å². The Hall–Kier alpha value is -0.360. The van der Waals surface area contributed by atoms with E-state index in [-0.39, 0.29) is 17.9 Å². The zero-order valence-electron chi connectivity index (χ0n) is 12.2. The molecule has 3 nitrogen and oxygen atoms in total. The smallest absolute Gasteiger partial charge is 0.252 e. The van der Waals surface area contributed by atoms with Crippen LogP contribution in [0.5, 0.6) is 0 Å². The topological polar surface area (TPSA) is 29.5 Å². The number of amides is 1. The molecule has 0 bridgehead atoms. The van der Waals surface area contributed by atoms with E-state index in [1.807, 2.05) is 12.0 Å². The largest absolute Gasteiger partial charge is 0.375 e. The molecule has 0 N–H and O–H groups in total. The van der Waals surface area contributed by atoms with E-state index in [1.165, 1.54) is 12.7 Å². The molecular formula is C14H24INO2. The highest BCUT2D eigenvalue weighted by atomic mass is 127. The second-order valence-corrected chi connectivity index (χ2v) is 5.08. The maximum absolute atomic E-state index is 11.7. The quantitative estimate of drug-likeness (QED) is 0.567. The fourth-order valence-electron chi connectivity index (χ4n) is 2.09. The maximum Gasteiger partial charge on any atom is 0.252 e. The monoisotopic (exact) mass is 365 g/mol. The van der Waals surface area contributed by atoms with Gasteiger partial charge in [0, 0.05) is 19.9 Å². The molecule has 1 amide bonds. The number of alkyl halides is 1. The first-order chi connectivity index (χ1) is 8.35. The number of halogens is 1. The molecule has 104 valence electrons. The van der Waals surface area contributed by atoms with Crippen LogP contribution in [0, 0.1) is 5.41 Å². The molecule has 1 aliphatic rings. The molecular weight excluding hydrogens is 341 g/mol. The highest BCUT2D eigenvalue weighted by molar-refractivity contribution is 14.1. The average molecular weight is 365 g/mol.